The van der Waals surface area contributed by atoms with E-state index in [0.29, 0.717) is 25.4 Å². The van der Waals surface area contributed by atoms with Crippen LogP contribution in [0.15, 0.2) is 0 Å². The van der Waals surface area contributed by atoms with Crippen LogP contribution in [0.25, 0.3) is 0 Å². The molecule has 40 heavy (non-hydrogen) atoms. The lowest BCUT2D eigenvalue weighted by Crippen LogP contribution is -2.63. The minimum atomic E-state index is -1.50. The molecular weight excluding hydrogens is 528 g/mol. The van der Waals surface area contributed by atoms with Gasteiger partial charge in [-0.25, -0.2) is 0 Å². The standard InChI is InChI=1S/C28H50O12/c1-4-17-25(40-27-23(33)22(32)20(30)15(3)37-27)18(10-11-35-17)38-28-24(34)26(21(31)19(13-29)39-28)36-14(2)12-16-8-6-5-7-9-16/h14-34H,4-13H2,1-3H3. The van der Waals surface area contributed by atoms with Crippen LogP contribution < -0.4 is 0 Å². The second kappa shape index (κ2) is 14.8. The normalized spacial score (nSPS) is 46.3. The zero-order chi connectivity index (χ0) is 29.0. The number of rotatable bonds is 10. The van der Waals surface area contributed by atoms with Crippen molar-refractivity contribution in [3.63, 3.8) is 0 Å². The summed E-state index contributed by atoms with van der Waals surface area (Å²) in [6, 6.07) is 0. The Bertz CT molecular complexity index is 753. The van der Waals surface area contributed by atoms with E-state index in [1.165, 1.54) is 19.3 Å². The smallest absolute Gasteiger partial charge is 0.187 e. The third-order valence-corrected chi connectivity index (χ3v) is 8.88. The highest BCUT2D eigenvalue weighted by atomic mass is 16.7. The second-order valence-electron chi connectivity index (χ2n) is 11.9. The fourth-order valence-corrected chi connectivity index (χ4v) is 6.50. The van der Waals surface area contributed by atoms with Gasteiger partial charge in [0.05, 0.1) is 31.0 Å². The van der Waals surface area contributed by atoms with Crippen molar-refractivity contribution in [3.05, 3.63) is 0 Å². The molecule has 3 saturated heterocycles. The van der Waals surface area contributed by atoms with Gasteiger partial charge in [0.25, 0.3) is 0 Å². The molecule has 1 aliphatic carbocycles. The topological polar surface area (TPSA) is 177 Å². The molecule has 3 aliphatic heterocycles. The molecule has 12 nitrogen and oxygen atoms in total. The molecule has 0 spiro atoms. The van der Waals surface area contributed by atoms with E-state index in [-0.39, 0.29) is 6.10 Å². The molecule has 0 amide bonds. The van der Waals surface area contributed by atoms with Crippen molar-refractivity contribution in [2.45, 2.75) is 158 Å². The molecule has 234 valence electrons. The average Bonchev–Trinajstić information content (AvgIpc) is 2.95. The Kier molecular flexibility index (Phi) is 12.0. The number of aliphatic hydroxyl groups is 6. The third kappa shape index (κ3) is 7.53. The van der Waals surface area contributed by atoms with Crippen LogP contribution in [0.4, 0.5) is 0 Å². The van der Waals surface area contributed by atoms with Crippen molar-refractivity contribution < 1.29 is 59.1 Å². The highest BCUT2D eigenvalue weighted by Crippen LogP contribution is 2.34. The van der Waals surface area contributed by atoms with Crippen molar-refractivity contribution in [1.82, 2.24) is 0 Å². The molecule has 4 aliphatic rings. The van der Waals surface area contributed by atoms with Gasteiger partial charge in [0.15, 0.2) is 12.6 Å². The van der Waals surface area contributed by atoms with E-state index >= 15 is 0 Å². The van der Waals surface area contributed by atoms with Crippen LogP contribution >= 0.6 is 0 Å². The van der Waals surface area contributed by atoms with Gasteiger partial charge in [-0.15, -0.1) is 0 Å². The van der Waals surface area contributed by atoms with Gasteiger partial charge in [-0.05, 0) is 39.0 Å². The Morgan fingerprint density at radius 1 is 0.775 bits per heavy atom. The van der Waals surface area contributed by atoms with Crippen LogP contribution in [0.3, 0.4) is 0 Å². The predicted molar refractivity (Wildman–Crippen MR) is 140 cm³/mol. The average molecular weight is 579 g/mol. The van der Waals surface area contributed by atoms with Crippen molar-refractivity contribution in [3.8, 4) is 0 Å². The summed E-state index contributed by atoms with van der Waals surface area (Å²) in [6.45, 7) is 5.27. The fourth-order valence-electron chi connectivity index (χ4n) is 6.50. The lowest BCUT2D eigenvalue weighted by Gasteiger charge is -2.47. The van der Waals surface area contributed by atoms with Gasteiger partial charge in [0.1, 0.15) is 48.8 Å². The fraction of sp³-hybridized carbons (Fsp3) is 1.00. The number of hydrogen-bond donors (Lipinski definition) is 6. The Morgan fingerprint density at radius 2 is 1.48 bits per heavy atom. The zero-order valence-corrected chi connectivity index (χ0v) is 23.9. The van der Waals surface area contributed by atoms with Crippen molar-refractivity contribution in [1.29, 1.82) is 0 Å². The molecule has 4 fully saturated rings. The molecule has 0 aromatic carbocycles. The number of hydrogen-bond acceptors (Lipinski definition) is 12. The molecule has 4 rings (SSSR count). The summed E-state index contributed by atoms with van der Waals surface area (Å²) >= 11 is 0. The summed E-state index contributed by atoms with van der Waals surface area (Å²) in [5.74, 6) is 0.546. The predicted octanol–water partition coefficient (Wildman–Crippen LogP) is -0.0337. The first-order chi connectivity index (χ1) is 19.1. The molecule has 0 bridgehead atoms. The molecule has 0 aromatic heterocycles. The number of aliphatic hydroxyl groups excluding tert-OH is 6. The van der Waals surface area contributed by atoms with E-state index in [9.17, 15) is 30.6 Å². The molecule has 14 atom stereocenters. The van der Waals surface area contributed by atoms with E-state index in [0.717, 1.165) is 19.3 Å². The van der Waals surface area contributed by atoms with Crippen molar-refractivity contribution in [2.75, 3.05) is 13.2 Å². The Hall–Kier alpha value is -0.480. The van der Waals surface area contributed by atoms with Gasteiger partial charge in [0, 0.05) is 6.61 Å². The first-order valence-electron chi connectivity index (χ1n) is 15.0. The molecule has 12 heteroatoms. The largest absolute Gasteiger partial charge is 0.394 e. The maximum atomic E-state index is 11.3. The Labute approximate surface area is 236 Å². The van der Waals surface area contributed by atoms with E-state index in [1.807, 2.05) is 13.8 Å². The highest BCUT2D eigenvalue weighted by Gasteiger charge is 2.50. The van der Waals surface area contributed by atoms with E-state index < -0.39 is 86.3 Å². The summed E-state index contributed by atoms with van der Waals surface area (Å²) in [6.07, 6.45) is -6.55. The van der Waals surface area contributed by atoms with Crippen LogP contribution in [0.5, 0.6) is 0 Å². The van der Waals surface area contributed by atoms with E-state index in [2.05, 4.69) is 0 Å². The molecular formula is C28H50O12. The SMILES string of the molecule is CCC1OCCC(OC2OC(CO)C(O)C(OC(C)CC3CCCCC3)C2O)C1OC1OC(C)C(O)C(O)C1O. The molecule has 6 N–H and O–H groups in total. The van der Waals surface area contributed by atoms with Crippen LogP contribution in [0.2, 0.25) is 0 Å². The molecule has 1 saturated carbocycles. The third-order valence-electron chi connectivity index (χ3n) is 8.88. The van der Waals surface area contributed by atoms with Gasteiger partial charge in [-0.1, -0.05) is 39.0 Å². The minimum absolute atomic E-state index is 0.215. The quantitative estimate of drug-likeness (QED) is 0.204. The van der Waals surface area contributed by atoms with Gasteiger partial charge in [0.2, 0.25) is 0 Å². The molecule has 0 radical (unpaired) electrons. The summed E-state index contributed by atoms with van der Waals surface area (Å²) in [4.78, 5) is 0. The van der Waals surface area contributed by atoms with Crippen molar-refractivity contribution in [2.24, 2.45) is 5.92 Å². The van der Waals surface area contributed by atoms with Crippen LogP contribution in [-0.2, 0) is 28.4 Å². The van der Waals surface area contributed by atoms with Gasteiger partial charge in [-0.3, -0.25) is 0 Å². The minimum Gasteiger partial charge on any atom is -0.394 e. The summed E-state index contributed by atoms with van der Waals surface area (Å²) in [5.41, 5.74) is 0. The van der Waals surface area contributed by atoms with E-state index in [1.54, 1.807) is 6.92 Å². The number of ether oxygens (including phenoxy) is 6. The van der Waals surface area contributed by atoms with Crippen molar-refractivity contribution >= 4 is 0 Å². The second-order valence-corrected chi connectivity index (χ2v) is 11.9. The molecule has 14 unspecified atom stereocenters. The highest BCUT2D eigenvalue weighted by molar-refractivity contribution is 4.94. The summed E-state index contributed by atoms with van der Waals surface area (Å²) in [7, 11) is 0. The Morgan fingerprint density at radius 3 is 2.15 bits per heavy atom. The molecule has 0 aromatic rings. The molecule has 3 heterocycles. The summed E-state index contributed by atoms with van der Waals surface area (Å²) < 4.78 is 35.9. The van der Waals surface area contributed by atoms with Crippen LogP contribution in [0, 0.1) is 5.92 Å². The van der Waals surface area contributed by atoms with E-state index in [4.69, 9.17) is 28.4 Å². The van der Waals surface area contributed by atoms with Gasteiger partial charge in [-0.2, -0.15) is 0 Å². The maximum Gasteiger partial charge on any atom is 0.187 e. The van der Waals surface area contributed by atoms with Crippen LogP contribution in [0.1, 0.15) is 72.1 Å². The van der Waals surface area contributed by atoms with Gasteiger partial charge >= 0.3 is 0 Å². The zero-order valence-electron chi connectivity index (χ0n) is 23.9. The first-order valence-corrected chi connectivity index (χ1v) is 15.0. The Balaban J connectivity index is 1.45. The maximum absolute atomic E-state index is 11.3. The summed E-state index contributed by atoms with van der Waals surface area (Å²) in [5, 5.41) is 62.9. The van der Waals surface area contributed by atoms with Crippen LogP contribution in [-0.4, -0.2) is 130 Å². The lowest BCUT2D eigenvalue weighted by molar-refractivity contribution is -0.356. The monoisotopic (exact) mass is 578 g/mol. The lowest BCUT2D eigenvalue weighted by atomic mass is 9.85. The van der Waals surface area contributed by atoms with Gasteiger partial charge < -0.3 is 59.1 Å². The first kappa shape index (κ1) is 32.4.